The van der Waals surface area contributed by atoms with Gasteiger partial charge in [-0.2, -0.15) is 0 Å². The van der Waals surface area contributed by atoms with Gasteiger partial charge in [-0.15, -0.1) is 0 Å². The molecule has 1 aliphatic heterocycles. The van der Waals surface area contributed by atoms with Crippen LogP contribution >= 0.6 is 15.9 Å². The normalized spacial score (nSPS) is 20.9. The van der Waals surface area contributed by atoms with E-state index in [2.05, 4.69) is 20.7 Å². The van der Waals surface area contributed by atoms with Crippen molar-refractivity contribution in [3.05, 3.63) is 34.3 Å². The van der Waals surface area contributed by atoms with E-state index < -0.39 is 21.3 Å². The lowest BCUT2D eigenvalue weighted by molar-refractivity contribution is -0.127. The third-order valence-corrected chi connectivity index (χ3v) is 6.27. The molecule has 1 atom stereocenters. The van der Waals surface area contributed by atoms with Crippen molar-refractivity contribution in [2.45, 2.75) is 26.7 Å². The molecule has 132 valence electrons. The second-order valence-electron chi connectivity index (χ2n) is 6.27. The lowest BCUT2D eigenvalue weighted by Crippen LogP contribution is -2.44. The van der Waals surface area contributed by atoms with Gasteiger partial charge in [-0.3, -0.25) is 14.3 Å². The lowest BCUT2D eigenvalue weighted by Gasteiger charge is -2.23. The van der Waals surface area contributed by atoms with Gasteiger partial charge in [-0.05, 0) is 47.8 Å². The smallest absolute Gasteiger partial charge is 0.255 e. The van der Waals surface area contributed by atoms with Crippen LogP contribution in [0.5, 0.6) is 0 Å². The number of hydrogen-bond acceptors (Lipinski definition) is 4. The fourth-order valence-corrected chi connectivity index (χ4v) is 4.33. The van der Waals surface area contributed by atoms with Gasteiger partial charge in [-0.1, -0.05) is 19.1 Å². The molecule has 6 nitrogen and oxygen atoms in total. The molecule has 1 N–H and O–H groups in total. The van der Waals surface area contributed by atoms with E-state index in [1.165, 1.54) is 0 Å². The van der Waals surface area contributed by atoms with E-state index in [0.717, 1.165) is 0 Å². The second-order valence-corrected chi connectivity index (χ2v) is 8.96. The highest BCUT2D eigenvalue weighted by atomic mass is 79.9. The first kappa shape index (κ1) is 18.9. The molecule has 1 aromatic carbocycles. The highest BCUT2D eigenvalue weighted by Crippen LogP contribution is 2.32. The molecule has 24 heavy (non-hydrogen) atoms. The van der Waals surface area contributed by atoms with Gasteiger partial charge in [0.05, 0.1) is 16.7 Å². The Bertz CT molecular complexity index is 750. The number of hydrogen-bond donors (Lipinski definition) is 1. The zero-order chi connectivity index (χ0) is 18.0. The van der Waals surface area contributed by atoms with Crippen LogP contribution in [-0.4, -0.2) is 44.0 Å². The third kappa shape index (κ3) is 4.16. The SMILES string of the molecule is CCCS(=O)(=O)NC(=O)C1(C)CCN(C(=O)c2ccccc2Br)C1. The average Bonchev–Trinajstić information content (AvgIpc) is 2.90. The van der Waals surface area contributed by atoms with Crippen LogP contribution in [0.2, 0.25) is 0 Å². The lowest BCUT2D eigenvalue weighted by atomic mass is 9.89. The number of amides is 2. The van der Waals surface area contributed by atoms with E-state index in [-0.39, 0.29) is 18.2 Å². The summed E-state index contributed by atoms with van der Waals surface area (Å²) in [5, 5.41) is 0. The maximum atomic E-state index is 12.6. The topological polar surface area (TPSA) is 83.6 Å². The first-order chi connectivity index (χ1) is 11.2. The van der Waals surface area contributed by atoms with Crippen molar-refractivity contribution in [2.24, 2.45) is 5.41 Å². The number of halogens is 1. The summed E-state index contributed by atoms with van der Waals surface area (Å²) in [7, 11) is -3.61. The van der Waals surface area contributed by atoms with Crippen LogP contribution in [0, 0.1) is 5.41 Å². The first-order valence-corrected chi connectivity index (χ1v) is 10.2. The minimum atomic E-state index is -3.61. The first-order valence-electron chi connectivity index (χ1n) is 7.77. The van der Waals surface area contributed by atoms with E-state index in [0.29, 0.717) is 29.4 Å². The van der Waals surface area contributed by atoms with Crippen molar-refractivity contribution in [3.63, 3.8) is 0 Å². The Hall–Kier alpha value is -1.41. The Morgan fingerprint density at radius 1 is 1.33 bits per heavy atom. The summed E-state index contributed by atoms with van der Waals surface area (Å²) in [4.78, 5) is 26.6. The van der Waals surface area contributed by atoms with Crippen LogP contribution in [0.3, 0.4) is 0 Å². The molecule has 1 unspecified atom stereocenters. The Morgan fingerprint density at radius 3 is 2.62 bits per heavy atom. The van der Waals surface area contributed by atoms with E-state index in [1.807, 2.05) is 6.07 Å². The quantitative estimate of drug-likeness (QED) is 0.796. The summed E-state index contributed by atoms with van der Waals surface area (Å²) in [5.74, 6) is -0.803. The van der Waals surface area contributed by atoms with Gasteiger partial charge in [0.2, 0.25) is 15.9 Å². The summed E-state index contributed by atoms with van der Waals surface area (Å²) in [6, 6.07) is 7.10. The zero-order valence-electron chi connectivity index (χ0n) is 13.7. The molecule has 0 radical (unpaired) electrons. The summed E-state index contributed by atoms with van der Waals surface area (Å²) < 4.78 is 26.4. The summed E-state index contributed by atoms with van der Waals surface area (Å²) in [5.41, 5.74) is -0.377. The molecule has 0 saturated carbocycles. The molecule has 0 spiro atoms. The number of likely N-dealkylation sites (tertiary alicyclic amines) is 1. The molecule has 1 fully saturated rings. The largest absolute Gasteiger partial charge is 0.338 e. The Balaban J connectivity index is 2.10. The molecular weight excluding hydrogens is 396 g/mol. The van der Waals surface area contributed by atoms with Crippen molar-refractivity contribution in [1.29, 1.82) is 0 Å². The van der Waals surface area contributed by atoms with Crippen molar-refractivity contribution < 1.29 is 18.0 Å². The van der Waals surface area contributed by atoms with Crippen molar-refractivity contribution in [1.82, 2.24) is 9.62 Å². The van der Waals surface area contributed by atoms with Crippen LogP contribution in [0.15, 0.2) is 28.7 Å². The van der Waals surface area contributed by atoms with E-state index in [9.17, 15) is 18.0 Å². The number of carbonyl (C=O) groups excluding carboxylic acids is 2. The number of nitrogens with one attached hydrogen (secondary N) is 1. The second kappa shape index (κ2) is 7.23. The third-order valence-electron chi connectivity index (χ3n) is 4.13. The van der Waals surface area contributed by atoms with Gasteiger partial charge in [0, 0.05) is 17.6 Å². The predicted octanol–water partition coefficient (Wildman–Crippen LogP) is 2.16. The predicted molar refractivity (Wildman–Crippen MR) is 95.0 cm³/mol. The fraction of sp³-hybridized carbons (Fsp3) is 0.500. The Morgan fingerprint density at radius 2 is 2.00 bits per heavy atom. The average molecular weight is 417 g/mol. The van der Waals surface area contributed by atoms with Crippen molar-refractivity contribution in [3.8, 4) is 0 Å². The Kier molecular flexibility index (Phi) is 5.70. The van der Waals surface area contributed by atoms with Gasteiger partial charge in [-0.25, -0.2) is 8.42 Å². The highest BCUT2D eigenvalue weighted by molar-refractivity contribution is 9.10. The molecule has 2 rings (SSSR count). The Labute approximate surface area is 150 Å². The number of rotatable bonds is 5. The maximum Gasteiger partial charge on any atom is 0.255 e. The van der Waals surface area contributed by atoms with E-state index in [4.69, 9.17) is 0 Å². The molecule has 0 aromatic heterocycles. The molecular formula is C16H21BrN2O4S. The molecule has 0 aliphatic carbocycles. The van der Waals surface area contributed by atoms with Crippen LogP contribution in [0.25, 0.3) is 0 Å². The molecule has 1 aromatic rings. The number of nitrogens with zero attached hydrogens (tertiary/aromatic N) is 1. The molecule has 1 aliphatic rings. The number of sulfonamides is 1. The molecule has 8 heteroatoms. The number of benzene rings is 1. The number of carbonyl (C=O) groups is 2. The summed E-state index contributed by atoms with van der Waals surface area (Å²) in [6.45, 7) is 4.04. The van der Waals surface area contributed by atoms with Gasteiger partial charge >= 0.3 is 0 Å². The van der Waals surface area contributed by atoms with Gasteiger partial charge in [0.15, 0.2) is 0 Å². The van der Waals surface area contributed by atoms with Crippen molar-refractivity contribution >= 4 is 37.8 Å². The summed E-state index contributed by atoms with van der Waals surface area (Å²) >= 11 is 3.35. The van der Waals surface area contributed by atoms with E-state index in [1.54, 1.807) is 36.9 Å². The minimum absolute atomic E-state index is 0.0889. The van der Waals surface area contributed by atoms with E-state index >= 15 is 0 Å². The molecule has 0 bridgehead atoms. The van der Waals surface area contributed by atoms with Crippen molar-refractivity contribution in [2.75, 3.05) is 18.8 Å². The molecule has 1 saturated heterocycles. The van der Waals surface area contributed by atoms with Crippen LogP contribution < -0.4 is 4.72 Å². The fourth-order valence-electron chi connectivity index (χ4n) is 2.71. The van der Waals surface area contributed by atoms with Crippen LogP contribution in [0.1, 0.15) is 37.0 Å². The molecule has 2 amide bonds. The highest BCUT2D eigenvalue weighted by Gasteiger charge is 2.43. The monoisotopic (exact) mass is 416 g/mol. The maximum absolute atomic E-state index is 12.6. The van der Waals surface area contributed by atoms with Gasteiger partial charge < -0.3 is 4.90 Å². The summed E-state index contributed by atoms with van der Waals surface area (Å²) in [6.07, 6.45) is 0.864. The van der Waals surface area contributed by atoms with Crippen LogP contribution in [-0.2, 0) is 14.8 Å². The van der Waals surface area contributed by atoms with Gasteiger partial charge in [0.25, 0.3) is 5.91 Å². The zero-order valence-corrected chi connectivity index (χ0v) is 16.1. The minimum Gasteiger partial charge on any atom is -0.338 e. The molecule has 1 heterocycles. The van der Waals surface area contributed by atoms with Crippen LogP contribution in [0.4, 0.5) is 0 Å². The standard InChI is InChI=1S/C16H21BrN2O4S/c1-3-10-24(22,23)18-15(21)16(2)8-9-19(11-16)14(20)12-6-4-5-7-13(12)17/h4-7H,3,8-11H2,1-2H3,(H,18,21). The van der Waals surface area contributed by atoms with Gasteiger partial charge in [0.1, 0.15) is 0 Å².